The summed E-state index contributed by atoms with van der Waals surface area (Å²) < 4.78 is 0. The molecule has 39 heavy (non-hydrogen) atoms. The molecular formula is C34H42N4O. The van der Waals surface area contributed by atoms with Gasteiger partial charge >= 0.3 is 0 Å². The van der Waals surface area contributed by atoms with Gasteiger partial charge in [0.05, 0.1) is 5.69 Å². The van der Waals surface area contributed by atoms with E-state index in [1.54, 1.807) is 6.21 Å². The first-order chi connectivity index (χ1) is 18.2. The molecule has 0 aromatic heterocycles. The van der Waals surface area contributed by atoms with Crippen molar-refractivity contribution in [1.82, 2.24) is 5.43 Å². The number of phenols is 1. The number of anilines is 1. The number of hydrogen-bond donors (Lipinski definition) is 2. The number of phenolic OH excluding ortho intramolecular Hbond substituents is 1. The van der Waals surface area contributed by atoms with Crippen molar-refractivity contribution in [2.45, 2.75) is 71.6 Å². The SMILES string of the molecule is CN1C(=CC=NNC(=Nc2ccccc2)c2cc(C(C)(C)C)c(O)c(C(C)(C)C)c2)C(C)(C)c2ccccc21. The molecule has 0 fully saturated rings. The third-order valence-electron chi connectivity index (χ3n) is 7.41. The number of amidine groups is 1. The first-order valence-electron chi connectivity index (χ1n) is 13.6. The topological polar surface area (TPSA) is 60.2 Å². The Morgan fingerprint density at radius 1 is 0.872 bits per heavy atom. The highest BCUT2D eigenvalue weighted by atomic mass is 16.3. The molecule has 3 aromatic rings. The zero-order valence-corrected chi connectivity index (χ0v) is 24.8. The molecule has 0 unspecified atom stereocenters. The molecule has 0 bridgehead atoms. The number of allylic oxidation sites excluding steroid dienone is 2. The molecule has 1 aliphatic rings. The molecular weight excluding hydrogens is 480 g/mol. The van der Waals surface area contributed by atoms with E-state index in [1.165, 1.54) is 16.9 Å². The Morgan fingerprint density at radius 2 is 1.44 bits per heavy atom. The van der Waals surface area contributed by atoms with Crippen LogP contribution in [-0.4, -0.2) is 24.2 Å². The number of hydrogen-bond acceptors (Lipinski definition) is 4. The zero-order valence-electron chi connectivity index (χ0n) is 24.8. The van der Waals surface area contributed by atoms with E-state index >= 15 is 0 Å². The minimum absolute atomic E-state index is 0.126. The van der Waals surface area contributed by atoms with Gasteiger partial charge in [0.25, 0.3) is 0 Å². The maximum Gasteiger partial charge on any atom is 0.154 e. The Morgan fingerprint density at radius 3 is 2.00 bits per heavy atom. The van der Waals surface area contributed by atoms with Crippen molar-refractivity contribution in [3.63, 3.8) is 0 Å². The van der Waals surface area contributed by atoms with Crippen molar-refractivity contribution in [2.24, 2.45) is 10.1 Å². The highest BCUT2D eigenvalue weighted by Gasteiger charge is 2.37. The Bertz CT molecular complexity index is 1400. The van der Waals surface area contributed by atoms with Crippen LogP contribution in [0.4, 0.5) is 11.4 Å². The van der Waals surface area contributed by atoms with E-state index in [2.05, 4.69) is 108 Å². The van der Waals surface area contributed by atoms with E-state index in [-0.39, 0.29) is 16.2 Å². The fraction of sp³-hybridized carbons (Fsp3) is 0.353. The smallest absolute Gasteiger partial charge is 0.154 e. The van der Waals surface area contributed by atoms with Gasteiger partial charge in [0.15, 0.2) is 5.84 Å². The lowest BCUT2D eigenvalue weighted by Crippen LogP contribution is -2.24. The maximum atomic E-state index is 11.2. The second kappa shape index (κ2) is 10.4. The molecule has 4 rings (SSSR count). The number of likely N-dealkylation sites (N-methyl/N-ethyl adjacent to an activating group) is 1. The van der Waals surface area contributed by atoms with Crippen LogP contribution in [0.3, 0.4) is 0 Å². The second-order valence-corrected chi connectivity index (χ2v) is 12.9. The zero-order chi connectivity index (χ0) is 28.6. The quantitative estimate of drug-likeness (QED) is 0.208. The van der Waals surface area contributed by atoms with Gasteiger partial charge < -0.3 is 10.0 Å². The summed E-state index contributed by atoms with van der Waals surface area (Å²) in [7, 11) is 2.10. The first kappa shape index (κ1) is 28.2. The number of nitrogens with one attached hydrogen (secondary N) is 1. The van der Waals surface area contributed by atoms with Gasteiger partial charge in [0.1, 0.15) is 5.75 Å². The van der Waals surface area contributed by atoms with Crippen LogP contribution < -0.4 is 10.3 Å². The molecule has 0 amide bonds. The average Bonchev–Trinajstić information content (AvgIpc) is 3.05. The van der Waals surface area contributed by atoms with Crippen molar-refractivity contribution in [3.05, 3.63) is 101 Å². The van der Waals surface area contributed by atoms with Crippen molar-refractivity contribution in [1.29, 1.82) is 0 Å². The lowest BCUT2D eigenvalue weighted by atomic mass is 9.78. The van der Waals surface area contributed by atoms with Crippen molar-refractivity contribution in [2.75, 3.05) is 11.9 Å². The summed E-state index contributed by atoms with van der Waals surface area (Å²) in [5, 5.41) is 15.8. The largest absolute Gasteiger partial charge is 0.507 e. The van der Waals surface area contributed by atoms with Gasteiger partial charge in [0, 0.05) is 46.8 Å². The Balaban J connectivity index is 1.75. The van der Waals surface area contributed by atoms with E-state index < -0.39 is 0 Å². The Labute approximate surface area is 234 Å². The van der Waals surface area contributed by atoms with Crippen molar-refractivity contribution >= 4 is 23.4 Å². The third kappa shape index (κ3) is 5.78. The standard InChI is InChI=1S/C34H42N4O/c1-32(2,3)26-21-23(22-27(30(26)39)33(4,5)6)31(36-24-15-11-10-12-16-24)37-35-20-19-29-34(7,8)25-17-13-14-18-28(25)38(29)9/h10-22,39H,1-9H3,(H,36,37). The van der Waals surface area contributed by atoms with Gasteiger partial charge in [-0.1, -0.05) is 91.8 Å². The normalized spacial score (nSPS) is 16.7. The summed E-state index contributed by atoms with van der Waals surface area (Å²) in [5.41, 5.74) is 9.75. The van der Waals surface area contributed by atoms with E-state index in [9.17, 15) is 5.11 Å². The predicted molar refractivity (Wildman–Crippen MR) is 166 cm³/mol. The van der Waals surface area contributed by atoms with E-state index in [0.29, 0.717) is 11.6 Å². The summed E-state index contributed by atoms with van der Waals surface area (Å²) in [4.78, 5) is 7.16. The van der Waals surface area contributed by atoms with Crippen LogP contribution in [0.15, 0.2) is 88.6 Å². The van der Waals surface area contributed by atoms with Crippen LogP contribution >= 0.6 is 0 Å². The van der Waals surface area contributed by atoms with Gasteiger partial charge in [-0.3, -0.25) is 5.43 Å². The van der Waals surface area contributed by atoms with E-state index in [1.807, 2.05) is 42.5 Å². The van der Waals surface area contributed by atoms with Crippen LogP contribution in [0.5, 0.6) is 5.75 Å². The van der Waals surface area contributed by atoms with Gasteiger partial charge in [-0.2, -0.15) is 5.10 Å². The number of aliphatic imine (C=N–C) groups is 1. The van der Waals surface area contributed by atoms with Crippen LogP contribution in [0.2, 0.25) is 0 Å². The van der Waals surface area contributed by atoms with Crippen molar-refractivity contribution in [3.8, 4) is 5.75 Å². The number of rotatable bonds is 4. The van der Waals surface area contributed by atoms with E-state index in [4.69, 9.17) is 4.99 Å². The molecule has 5 nitrogen and oxygen atoms in total. The van der Waals surface area contributed by atoms with Crippen LogP contribution in [-0.2, 0) is 16.2 Å². The lowest BCUT2D eigenvalue weighted by molar-refractivity contribution is 0.423. The first-order valence-corrected chi connectivity index (χ1v) is 13.6. The monoisotopic (exact) mass is 522 g/mol. The van der Waals surface area contributed by atoms with Crippen molar-refractivity contribution < 1.29 is 5.11 Å². The number of aromatic hydroxyl groups is 1. The fourth-order valence-electron chi connectivity index (χ4n) is 5.21. The molecule has 1 aliphatic heterocycles. The summed E-state index contributed by atoms with van der Waals surface area (Å²) in [6, 6.07) is 22.4. The van der Waals surface area contributed by atoms with Gasteiger partial charge in [0.2, 0.25) is 0 Å². The predicted octanol–water partition coefficient (Wildman–Crippen LogP) is 7.95. The van der Waals surface area contributed by atoms with E-state index in [0.717, 1.165) is 22.4 Å². The summed E-state index contributed by atoms with van der Waals surface area (Å²) in [6.07, 6.45) is 3.86. The molecule has 0 aliphatic carbocycles. The summed E-state index contributed by atoms with van der Waals surface area (Å²) in [6.45, 7) is 17.2. The molecule has 0 saturated carbocycles. The molecule has 5 heteroatoms. The molecule has 2 N–H and O–H groups in total. The average molecular weight is 523 g/mol. The highest BCUT2D eigenvalue weighted by molar-refractivity contribution is 6.01. The summed E-state index contributed by atoms with van der Waals surface area (Å²) in [5.74, 6) is 0.964. The van der Waals surface area contributed by atoms with Crippen LogP contribution in [0.25, 0.3) is 0 Å². The van der Waals surface area contributed by atoms with Gasteiger partial charge in [-0.15, -0.1) is 0 Å². The molecule has 0 spiro atoms. The van der Waals surface area contributed by atoms with Gasteiger partial charge in [-0.25, -0.2) is 4.99 Å². The molecule has 3 aromatic carbocycles. The molecule has 1 heterocycles. The molecule has 0 radical (unpaired) electrons. The maximum absolute atomic E-state index is 11.2. The molecule has 0 atom stereocenters. The number of benzene rings is 3. The number of nitrogens with zero attached hydrogens (tertiary/aromatic N) is 3. The molecule has 0 saturated heterocycles. The third-order valence-corrected chi connectivity index (χ3v) is 7.41. The number of fused-ring (bicyclic) bond motifs is 1. The van der Waals surface area contributed by atoms with Gasteiger partial charge in [-0.05, 0) is 52.8 Å². The van der Waals surface area contributed by atoms with Crippen LogP contribution in [0, 0.1) is 0 Å². The Hall–Kier alpha value is -3.86. The summed E-state index contributed by atoms with van der Waals surface area (Å²) >= 11 is 0. The second-order valence-electron chi connectivity index (χ2n) is 12.9. The van der Waals surface area contributed by atoms with Crippen LogP contribution in [0.1, 0.15) is 77.6 Å². The minimum atomic E-state index is -0.251. The Kier molecular flexibility index (Phi) is 7.48. The number of hydrazone groups is 1. The number of para-hydroxylation sites is 2. The molecule has 204 valence electrons. The highest BCUT2D eigenvalue weighted by Crippen LogP contribution is 2.46. The lowest BCUT2D eigenvalue weighted by Gasteiger charge is -2.28. The fourth-order valence-corrected chi connectivity index (χ4v) is 5.21. The minimum Gasteiger partial charge on any atom is -0.507 e.